The standard InChI is InChI=1S/C7H7N3/c1-5-9-4-6-2-3-8-7(6)10-5/h2-4H,1H3,(H,8,9,10)/i4D. The largest absolute Gasteiger partial charge is 0.346 e. The molecule has 2 aromatic heterocycles. The van der Waals surface area contributed by atoms with Crippen molar-refractivity contribution < 1.29 is 1.37 Å². The molecular formula is C7H7N3. The predicted molar refractivity (Wildman–Crippen MR) is 38.6 cm³/mol. The fraction of sp³-hybridized carbons (Fsp3) is 0.143. The maximum Gasteiger partial charge on any atom is 0.140 e. The molecule has 3 heteroatoms. The molecule has 0 aromatic carbocycles. The number of hydrogen-bond donors (Lipinski definition) is 1. The maximum absolute atomic E-state index is 7.45. The third kappa shape index (κ3) is 0.673. The van der Waals surface area contributed by atoms with E-state index in [1.54, 1.807) is 19.2 Å². The number of aryl methyl sites for hydroxylation is 1. The molecule has 0 unspecified atom stereocenters. The first kappa shape index (κ1) is 4.44. The zero-order valence-electron chi connectivity index (χ0n) is 6.55. The van der Waals surface area contributed by atoms with Crippen molar-refractivity contribution in [1.29, 1.82) is 0 Å². The number of aromatic amines is 1. The highest BCUT2D eigenvalue weighted by molar-refractivity contribution is 5.73. The van der Waals surface area contributed by atoms with Crippen molar-refractivity contribution in [1.82, 2.24) is 15.0 Å². The van der Waals surface area contributed by atoms with Gasteiger partial charge in [0, 0.05) is 17.8 Å². The minimum absolute atomic E-state index is 0.286. The van der Waals surface area contributed by atoms with Gasteiger partial charge >= 0.3 is 0 Å². The van der Waals surface area contributed by atoms with E-state index in [0.717, 1.165) is 11.0 Å². The van der Waals surface area contributed by atoms with E-state index in [1.165, 1.54) is 0 Å². The van der Waals surface area contributed by atoms with Gasteiger partial charge in [0.25, 0.3) is 0 Å². The van der Waals surface area contributed by atoms with E-state index in [2.05, 4.69) is 15.0 Å². The van der Waals surface area contributed by atoms with Gasteiger partial charge in [0.15, 0.2) is 0 Å². The summed E-state index contributed by atoms with van der Waals surface area (Å²) in [6.07, 6.45) is 2.05. The van der Waals surface area contributed by atoms with Crippen molar-refractivity contribution in [3.63, 3.8) is 0 Å². The Morgan fingerprint density at radius 3 is 3.50 bits per heavy atom. The topological polar surface area (TPSA) is 41.6 Å². The van der Waals surface area contributed by atoms with Crippen molar-refractivity contribution in [3.8, 4) is 0 Å². The van der Waals surface area contributed by atoms with E-state index in [-0.39, 0.29) is 6.17 Å². The number of hydrogen-bond acceptors (Lipinski definition) is 2. The van der Waals surface area contributed by atoms with Gasteiger partial charge < -0.3 is 4.98 Å². The molecular weight excluding hydrogens is 126 g/mol. The summed E-state index contributed by atoms with van der Waals surface area (Å²) in [5.41, 5.74) is 0.738. The molecule has 0 aliphatic carbocycles. The highest BCUT2D eigenvalue weighted by Gasteiger charge is 1.93. The van der Waals surface area contributed by atoms with Gasteiger partial charge in [0.05, 0.1) is 1.37 Å². The zero-order valence-corrected chi connectivity index (χ0v) is 5.55. The van der Waals surface area contributed by atoms with E-state index in [4.69, 9.17) is 1.37 Å². The highest BCUT2D eigenvalue weighted by Crippen LogP contribution is 2.06. The second-order valence-electron chi connectivity index (χ2n) is 2.12. The minimum atomic E-state index is 0.286. The SMILES string of the molecule is [2H]c1nc(C)nc2[nH]ccc12. The molecule has 0 atom stereocenters. The summed E-state index contributed by atoms with van der Waals surface area (Å²) < 4.78 is 7.45. The number of H-pyrrole nitrogens is 1. The van der Waals surface area contributed by atoms with Crippen LogP contribution < -0.4 is 0 Å². The first-order valence-corrected chi connectivity index (χ1v) is 3.06. The van der Waals surface area contributed by atoms with Crippen molar-refractivity contribution in [2.24, 2.45) is 0 Å². The van der Waals surface area contributed by atoms with Crippen molar-refractivity contribution in [2.45, 2.75) is 6.92 Å². The number of fused-ring (bicyclic) bond motifs is 1. The van der Waals surface area contributed by atoms with E-state index in [1.807, 2.05) is 0 Å². The van der Waals surface area contributed by atoms with E-state index in [0.29, 0.717) is 5.82 Å². The quantitative estimate of drug-likeness (QED) is 0.589. The van der Waals surface area contributed by atoms with Crippen LogP contribution in [-0.2, 0) is 0 Å². The normalized spacial score (nSPS) is 11.9. The molecule has 0 aliphatic rings. The molecule has 3 nitrogen and oxygen atoms in total. The summed E-state index contributed by atoms with van der Waals surface area (Å²) in [6.45, 7) is 1.78. The number of nitrogens with one attached hydrogen (secondary N) is 1. The van der Waals surface area contributed by atoms with Gasteiger partial charge in [-0.3, -0.25) is 0 Å². The second kappa shape index (κ2) is 1.80. The second-order valence-corrected chi connectivity index (χ2v) is 2.12. The van der Waals surface area contributed by atoms with E-state index in [9.17, 15) is 0 Å². The Hall–Kier alpha value is -1.38. The Balaban J connectivity index is 2.91. The first-order valence-electron chi connectivity index (χ1n) is 3.56. The predicted octanol–water partition coefficient (Wildman–Crippen LogP) is 1.27. The summed E-state index contributed by atoms with van der Waals surface area (Å²) in [5, 5.41) is 0.774. The highest BCUT2D eigenvalue weighted by atomic mass is 14.9. The van der Waals surface area contributed by atoms with Gasteiger partial charge in [0.1, 0.15) is 11.5 Å². The maximum atomic E-state index is 7.45. The molecule has 50 valence electrons. The van der Waals surface area contributed by atoms with Crippen LogP contribution in [0.15, 0.2) is 18.4 Å². The average molecular weight is 134 g/mol. The zero-order chi connectivity index (χ0) is 7.84. The Kier molecular flexibility index (Phi) is 0.799. The van der Waals surface area contributed by atoms with Gasteiger partial charge in [-0.15, -0.1) is 0 Å². The first-order chi connectivity index (χ1) is 5.27. The Morgan fingerprint density at radius 1 is 1.70 bits per heavy atom. The van der Waals surface area contributed by atoms with Crippen LogP contribution in [-0.4, -0.2) is 15.0 Å². The molecule has 0 amide bonds. The summed E-state index contributed by atoms with van der Waals surface area (Å²) in [4.78, 5) is 10.9. The van der Waals surface area contributed by atoms with Crippen LogP contribution >= 0.6 is 0 Å². The van der Waals surface area contributed by atoms with Crippen LogP contribution in [0.4, 0.5) is 0 Å². The van der Waals surface area contributed by atoms with Crippen LogP contribution in [0, 0.1) is 6.92 Å². The number of rotatable bonds is 0. The number of aromatic nitrogens is 3. The third-order valence-electron chi connectivity index (χ3n) is 1.34. The van der Waals surface area contributed by atoms with Gasteiger partial charge in [-0.1, -0.05) is 0 Å². The van der Waals surface area contributed by atoms with Crippen LogP contribution in [0.5, 0.6) is 0 Å². The van der Waals surface area contributed by atoms with Gasteiger partial charge in [-0.05, 0) is 13.0 Å². The van der Waals surface area contributed by atoms with Crippen LogP contribution in [0.2, 0.25) is 0 Å². The van der Waals surface area contributed by atoms with Crippen LogP contribution in [0.3, 0.4) is 0 Å². The Morgan fingerprint density at radius 2 is 2.60 bits per heavy atom. The monoisotopic (exact) mass is 134 g/mol. The summed E-state index contributed by atoms with van der Waals surface area (Å²) >= 11 is 0. The molecule has 2 heterocycles. The van der Waals surface area contributed by atoms with Crippen LogP contribution in [0.25, 0.3) is 11.0 Å². The van der Waals surface area contributed by atoms with Gasteiger partial charge in [0.2, 0.25) is 0 Å². The van der Waals surface area contributed by atoms with Gasteiger partial charge in [-0.2, -0.15) is 0 Å². The molecule has 0 saturated carbocycles. The Bertz CT molecular complexity index is 393. The fourth-order valence-corrected chi connectivity index (χ4v) is 0.871. The lowest BCUT2D eigenvalue weighted by molar-refractivity contribution is 1.08. The van der Waals surface area contributed by atoms with Crippen LogP contribution in [0.1, 0.15) is 7.20 Å². The van der Waals surface area contributed by atoms with E-state index < -0.39 is 0 Å². The van der Waals surface area contributed by atoms with E-state index >= 15 is 0 Å². The lowest BCUT2D eigenvalue weighted by Crippen LogP contribution is -1.85. The third-order valence-corrected chi connectivity index (χ3v) is 1.34. The molecule has 1 N–H and O–H groups in total. The smallest absolute Gasteiger partial charge is 0.140 e. The molecule has 0 radical (unpaired) electrons. The number of nitrogens with zero attached hydrogens (tertiary/aromatic N) is 2. The van der Waals surface area contributed by atoms with Crippen molar-refractivity contribution >= 4 is 11.0 Å². The van der Waals surface area contributed by atoms with Gasteiger partial charge in [-0.25, -0.2) is 9.97 Å². The average Bonchev–Trinajstić information content (AvgIpc) is 2.34. The molecule has 0 fully saturated rings. The molecule has 2 rings (SSSR count). The molecule has 10 heavy (non-hydrogen) atoms. The minimum Gasteiger partial charge on any atom is -0.346 e. The van der Waals surface area contributed by atoms with Crippen molar-refractivity contribution in [2.75, 3.05) is 0 Å². The molecule has 2 aromatic rings. The molecule has 0 saturated heterocycles. The summed E-state index contributed by atoms with van der Waals surface area (Å²) in [6, 6.07) is 1.80. The Labute approximate surface area is 59.5 Å². The fourth-order valence-electron chi connectivity index (χ4n) is 0.871. The lowest BCUT2D eigenvalue weighted by Gasteiger charge is -1.88. The summed E-state index contributed by atoms with van der Waals surface area (Å²) in [5.74, 6) is 0.630. The molecule has 0 spiro atoms. The summed E-state index contributed by atoms with van der Waals surface area (Å²) in [7, 11) is 0. The lowest BCUT2D eigenvalue weighted by atomic mass is 10.4. The van der Waals surface area contributed by atoms with Crippen molar-refractivity contribution in [3.05, 3.63) is 24.3 Å². The molecule has 0 bridgehead atoms. The molecule has 0 aliphatic heterocycles.